The standard InChI is InChI=1S/C30H22B2N2/c1-30(2,3)15-22-17-9-5-4-8-16(17)14-21-26-24-20(25(31)29(32)33-26)13-12-19-18-10-6-7-11-23(18)34(27(21)22)28(19)24/h4-14H,15H2,1-3H3. The Kier molecular flexibility index (Phi) is 3.83. The highest BCUT2D eigenvalue weighted by atomic mass is 14.9. The van der Waals surface area contributed by atoms with E-state index in [4.69, 9.17) is 20.7 Å². The number of fused-ring (bicyclic) bond motifs is 7. The van der Waals surface area contributed by atoms with Gasteiger partial charge in [0.15, 0.2) is 0 Å². The van der Waals surface area contributed by atoms with Gasteiger partial charge in [-0.1, -0.05) is 80.8 Å². The van der Waals surface area contributed by atoms with Crippen molar-refractivity contribution in [2.75, 3.05) is 0 Å². The van der Waals surface area contributed by atoms with E-state index in [0.717, 1.165) is 28.1 Å². The summed E-state index contributed by atoms with van der Waals surface area (Å²) < 4.78 is 2.46. The van der Waals surface area contributed by atoms with Crippen molar-refractivity contribution >= 4 is 86.5 Å². The van der Waals surface area contributed by atoms with Crippen LogP contribution in [0.4, 0.5) is 0 Å². The quantitative estimate of drug-likeness (QED) is 0.185. The van der Waals surface area contributed by atoms with Crippen molar-refractivity contribution in [1.29, 1.82) is 0 Å². The van der Waals surface area contributed by atoms with E-state index in [1.807, 2.05) is 0 Å². The molecule has 0 N–H and O–H groups in total. The molecule has 34 heavy (non-hydrogen) atoms. The molecular weight excluding hydrogens is 410 g/mol. The van der Waals surface area contributed by atoms with Gasteiger partial charge in [-0.15, -0.1) is 0 Å². The van der Waals surface area contributed by atoms with Crippen molar-refractivity contribution in [3.63, 3.8) is 0 Å². The Morgan fingerprint density at radius 1 is 0.765 bits per heavy atom. The van der Waals surface area contributed by atoms with Crippen LogP contribution in [-0.4, -0.2) is 25.1 Å². The SMILES string of the molecule is [B]c1nc2c3cc4ccccc4c(CC(C)(C)C)c3n3c4ccccc4c4ccc(c1[B])c2c43. The first-order valence-electron chi connectivity index (χ1n) is 11.8. The molecular formula is C30H22B2N2. The first kappa shape index (κ1) is 19.9. The molecule has 0 fully saturated rings. The number of rotatable bonds is 1. The molecule has 0 unspecified atom stereocenters. The molecule has 0 aliphatic heterocycles. The molecule has 0 bridgehead atoms. The van der Waals surface area contributed by atoms with Gasteiger partial charge in [-0.3, -0.25) is 4.98 Å². The van der Waals surface area contributed by atoms with Gasteiger partial charge in [0.25, 0.3) is 0 Å². The predicted octanol–water partition coefficient (Wildman–Crippen LogP) is 5.71. The summed E-state index contributed by atoms with van der Waals surface area (Å²) in [7, 11) is 12.8. The third-order valence-electron chi connectivity index (χ3n) is 7.18. The molecule has 7 aromatic rings. The molecule has 2 nitrogen and oxygen atoms in total. The summed E-state index contributed by atoms with van der Waals surface area (Å²) in [6.45, 7) is 6.91. The molecule has 0 saturated carbocycles. The highest BCUT2D eigenvalue weighted by Gasteiger charge is 2.24. The zero-order valence-corrected chi connectivity index (χ0v) is 19.6. The lowest BCUT2D eigenvalue weighted by atomic mass is 9.80. The molecule has 0 saturated heterocycles. The van der Waals surface area contributed by atoms with E-state index in [9.17, 15) is 0 Å². The first-order valence-corrected chi connectivity index (χ1v) is 11.8. The fourth-order valence-corrected chi connectivity index (χ4v) is 5.88. The zero-order chi connectivity index (χ0) is 23.4. The maximum Gasteiger partial charge on any atom is 0.140 e. The summed E-state index contributed by atoms with van der Waals surface area (Å²) in [5.41, 5.74) is 6.93. The van der Waals surface area contributed by atoms with E-state index < -0.39 is 0 Å². The fourth-order valence-electron chi connectivity index (χ4n) is 5.88. The average molecular weight is 432 g/mol. The third-order valence-corrected chi connectivity index (χ3v) is 7.18. The number of aromatic nitrogens is 2. The third kappa shape index (κ3) is 2.51. The minimum atomic E-state index is 0.111. The van der Waals surface area contributed by atoms with E-state index >= 15 is 0 Å². The van der Waals surface area contributed by atoms with Gasteiger partial charge in [-0.25, -0.2) is 0 Å². The second-order valence-corrected chi connectivity index (χ2v) is 10.7. The molecule has 4 heteroatoms. The Labute approximate surface area is 200 Å². The van der Waals surface area contributed by atoms with Gasteiger partial charge in [0.2, 0.25) is 0 Å². The lowest BCUT2D eigenvalue weighted by Crippen LogP contribution is -2.29. The van der Waals surface area contributed by atoms with E-state index in [1.54, 1.807) is 0 Å². The summed E-state index contributed by atoms with van der Waals surface area (Å²) >= 11 is 0. The van der Waals surface area contributed by atoms with E-state index in [2.05, 4.69) is 91.9 Å². The van der Waals surface area contributed by atoms with Crippen LogP contribution in [0.15, 0.2) is 66.7 Å². The van der Waals surface area contributed by atoms with Crippen LogP contribution in [0.1, 0.15) is 26.3 Å². The van der Waals surface area contributed by atoms with Gasteiger partial charge in [-0.2, -0.15) is 0 Å². The van der Waals surface area contributed by atoms with Crippen molar-refractivity contribution in [3.8, 4) is 0 Å². The predicted molar refractivity (Wildman–Crippen MR) is 148 cm³/mol. The number of hydrogen-bond acceptors (Lipinski definition) is 1. The molecule has 3 heterocycles. The number of pyridine rings is 2. The maximum absolute atomic E-state index is 6.47. The maximum atomic E-state index is 6.47. The van der Waals surface area contributed by atoms with Gasteiger partial charge in [0.1, 0.15) is 15.7 Å². The topological polar surface area (TPSA) is 17.3 Å². The molecule has 7 rings (SSSR count). The smallest absolute Gasteiger partial charge is 0.140 e. The van der Waals surface area contributed by atoms with Gasteiger partial charge in [-0.05, 0) is 51.3 Å². The van der Waals surface area contributed by atoms with Crippen LogP contribution >= 0.6 is 0 Å². The molecule has 0 aliphatic rings. The molecule has 4 radical (unpaired) electrons. The average Bonchev–Trinajstić information content (AvgIpc) is 3.15. The van der Waals surface area contributed by atoms with Crippen LogP contribution in [-0.2, 0) is 6.42 Å². The van der Waals surface area contributed by atoms with Gasteiger partial charge >= 0.3 is 0 Å². The summed E-state index contributed by atoms with van der Waals surface area (Å²) in [6, 6.07) is 23.9. The van der Waals surface area contributed by atoms with Crippen LogP contribution in [0.5, 0.6) is 0 Å². The lowest BCUT2D eigenvalue weighted by Gasteiger charge is -2.23. The molecule has 0 amide bonds. The Bertz CT molecular complexity index is 1940. The Hall–Kier alpha value is -3.52. The highest BCUT2D eigenvalue weighted by molar-refractivity contribution is 6.53. The second kappa shape index (κ2) is 6.54. The lowest BCUT2D eigenvalue weighted by molar-refractivity contribution is 0.413. The molecule has 158 valence electrons. The van der Waals surface area contributed by atoms with Crippen LogP contribution in [0.2, 0.25) is 0 Å². The minimum absolute atomic E-state index is 0.111. The van der Waals surface area contributed by atoms with E-state index in [1.165, 1.54) is 43.7 Å². The van der Waals surface area contributed by atoms with Gasteiger partial charge in [0.05, 0.1) is 22.1 Å². The summed E-state index contributed by atoms with van der Waals surface area (Å²) in [5.74, 6) is 0. The van der Waals surface area contributed by atoms with Crippen LogP contribution in [0.25, 0.3) is 59.8 Å². The number of benzene rings is 4. The Morgan fingerprint density at radius 3 is 2.26 bits per heavy atom. The molecule has 0 spiro atoms. The molecule has 4 aromatic carbocycles. The first-order chi connectivity index (χ1) is 16.3. The van der Waals surface area contributed by atoms with Crippen molar-refractivity contribution in [3.05, 3.63) is 72.3 Å². The molecule has 0 aliphatic carbocycles. The second-order valence-electron chi connectivity index (χ2n) is 10.7. The van der Waals surface area contributed by atoms with Crippen molar-refractivity contribution in [1.82, 2.24) is 9.38 Å². The largest absolute Gasteiger partial charge is 0.308 e. The monoisotopic (exact) mass is 432 g/mol. The number of nitrogens with zero attached hydrogens (tertiary/aromatic N) is 2. The Morgan fingerprint density at radius 2 is 1.47 bits per heavy atom. The van der Waals surface area contributed by atoms with Gasteiger partial charge < -0.3 is 4.40 Å². The zero-order valence-electron chi connectivity index (χ0n) is 19.6. The van der Waals surface area contributed by atoms with Crippen molar-refractivity contribution in [2.45, 2.75) is 27.2 Å². The fraction of sp³-hybridized carbons (Fsp3) is 0.167. The summed E-state index contributed by atoms with van der Waals surface area (Å²) in [6.07, 6.45) is 0.945. The van der Waals surface area contributed by atoms with Gasteiger partial charge in [0, 0.05) is 21.5 Å². The minimum Gasteiger partial charge on any atom is -0.308 e. The van der Waals surface area contributed by atoms with E-state index in [0.29, 0.717) is 11.1 Å². The summed E-state index contributed by atoms with van der Waals surface area (Å²) in [5, 5.41) is 8.15. The van der Waals surface area contributed by atoms with Crippen molar-refractivity contribution < 1.29 is 0 Å². The highest BCUT2D eigenvalue weighted by Crippen LogP contribution is 2.43. The van der Waals surface area contributed by atoms with Crippen LogP contribution in [0, 0.1) is 5.41 Å². The van der Waals surface area contributed by atoms with Crippen LogP contribution in [0.3, 0.4) is 0 Å². The number of para-hydroxylation sites is 1. The normalized spacial score (nSPS) is 12.9. The van der Waals surface area contributed by atoms with E-state index in [-0.39, 0.29) is 5.41 Å². The molecule has 0 atom stereocenters. The van der Waals surface area contributed by atoms with Crippen LogP contribution < -0.4 is 11.1 Å². The molecule has 3 aromatic heterocycles. The van der Waals surface area contributed by atoms with Crippen molar-refractivity contribution in [2.24, 2.45) is 5.41 Å². The summed E-state index contributed by atoms with van der Waals surface area (Å²) in [4.78, 5) is 4.91. The number of hydrogen-bond donors (Lipinski definition) is 0. The Balaban J connectivity index is 1.91.